The fourth-order valence-corrected chi connectivity index (χ4v) is 2.08. The lowest BCUT2D eigenvalue weighted by atomic mass is 10.1. The molecule has 0 bridgehead atoms. The lowest BCUT2D eigenvalue weighted by Crippen LogP contribution is -2.29. The molecule has 2 aromatic rings. The highest BCUT2D eigenvalue weighted by Crippen LogP contribution is 2.23. The van der Waals surface area contributed by atoms with Gasteiger partial charge in [-0.05, 0) is 12.5 Å². The van der Waals surface area contributed by atoms with Gasteiger partial charge in [0.1, 0.15) is 0 Å². The molecule has 2 nitrogen and oxygen atoms in total. The van der Waals surface area contributed by atoms with Crippen LogP contribution in [-0.2, 0) is 11.2 Å². The molecule has 0 aliphatic rings. The van der Waals surface area contributed by atoms with Crippen LogP contribution in [-0.4, -0.2) is 5.91 Å². The summed E-state index contributed by atoms with van der Waals surface area (Å²) in [5.41, 5.74) is -0.419. The van der Waals surface area contributed by atoms with Crippen molar-refractivity contribution in [2.75, 3.05) is 0 Å². The van der Waals surface area contributed by atoms with Gasteiger partial charge in [0.15, 0.2) is 23.3 Å². The van der Waals surface area contributed by atoms with Crippen molar-refractivity contribution in [1.82, 2.24) is 5.32 Å². The summed E-state index contributed by atoms with van der Waals surface area (Å²) in [5, 5.41) is 2.44. The van der Waals surface area contributed by atoms with Gasteiger partial charge in [-0.15, -0.1) is 0 Å². The van der Waals surface area contributed by atoms with Crippen molar-refractivity contribution in [3.05, 3.63) is 70.5 Å². The third-order valence-electron chi connectivity index (χ3n) is 3.32. The molecule has 1 unspecified atom stereocenters. The number of benzene rings is 2. The van der Waals surface area contributed by atoms with Crippen molar-refractivity contribution in [3.63, 3.8) is 0 Å². The SMILES string of the molecule is CC(NC(=O)Cc1c(F)c(F)c(F)c(F)c1F)c1ccccc1. The molecule has 0 saturated carbocycles. The molecular formula is C16H12F5NO. The van der Waals surface area contributed by atoms with Gasteiger partial charge in [-0.2, -0.15) is 0 Å². The topological polar surface area (TPSA) is 29.1 Å². The average Bonchev–Trinajstić information content (AvgIpc) is 2.56. The maximum absolute atomic E-state index is 13.5. The van der Waals surface area contributed by atoms with E-state index in [2.05, 4.69) is 5.32 Å². The van der Waals surface area contributed by atoms with Crippen molar-refractivity contribution in [1.29, 1.82) is 0 Å². The number of hydrogen-bond donors (Lipinski definition) is 1. The van der Waals surface area contributed by atoms with E-state index >= 15 is 0 Å². The van der Waals surface area contributed by atoms with Crippen LogP contribution < -0.4 is 5.32 Å². The van der Waals surface area contributed by atoms with Crippen LogP contribution in [0.5, 0.6) is 0 Å². The van der Waals surface area contributed by atoms with Gasteiger partial charge >= 0.3 is 0 Å². The van der Waals surface area contributed by atoms with Crippen molar-refractivity contribution < 1.29 is 26.7 Å². The number of halogens is 5. The van der Waals surface area contributed by atoms with Gasteiger partial charge < -0.3 is 5.32 Å². The Morgan fingerprint density at radius 3 is 1.91 bits per heavy atom. The summed E-state index contributed by atoms with van der Waals surface area (Å²) in [4.78, 5) is 11.8. The zero-order valence-electron chi connectivity index (χ0n) is 12.0. The van der Waals surface area contributed by atoms with Crippen LogP contribution in [0.15, 0.2) is 30.3 Å². The van der Waals surface area contributed by atoms with E-state index in [1.165, 1.54) is 0 Å². The summed E-state index contributed by atoms with van der Waals surface area (Å²) in [6.45, 7) is 1.63. The second kappa shape index (κ2) is 6.76. The van der Waals surface area contributed by atoms with Crippen molar-refractivity contribution in [3.8, 4) is 0 Å². The van der Waals surface area contributed by atoms with Crippen LogP contribution in [0, 0.1) is 29.1 Å². The molecule has 2 rings (SSSR count). The lowest BCUT2D eigenvalue weighted by Gasteiger charge is -2.15. The minimum atomic E-state index is -2.25. The molecule has 1 N–H and O–H groups in total. The first kappa shape index (κ1) is 16.9. The zero-order chi connectivity index (χ0) is 17.1. The molecular weight excluding hydrogens is 317 g/mol. The van der Waals surface area contributed by atoms with Crippen molar-refractivity contribution in [2.45, 2.75) is 19.4 Å². The fraction of sp³-hybridized carbons (Fsp3) is 0.188. The molecule has 0 aliphatic heterocycles. The number of rotatable bonds is 4. The number of carbonyl (C=O) groups is 1. The number of carbonyl (C=O) groups excluding carboxylic acids is 1. The molecule has 0 aliphatic carbocycles. The van der Waals surface area contributed by atoms with E-state index in [0.29, 0.717) is 0 Å². The normalized spacial score (nSPS) is 12.1. The summed E-state index contributed by atoms with van der Waals surface area (Å²) >= 11 is 0. The van der Waals surface area contributed by atoms with Gasteiger partial charge in [-0.3, -0.25) is 4.79 Å². The average molecular weight is 329 g/mol. The van der Waals surface area contributed by atoms with Crippen LogP contribution >= 0.6 is 0 Å². The first-order chi connectivity index (χ1) is 10.8. The number of hydrogen-bond acceptors (Lipinski definition) is 1. The number of amides is 1. The molecule has 0 fully saturated rings. The summed E-state index contributed by atoms with van der Waals surface area (Å²) < 4.78 is 66.2. The second-order valence-corrected chi connectivity index (χ2v) is 4.93. The smallest absolute Gasteiger partial charge is 0.225 e. The van der Waals surface area contributed by atoms with Crippen LogP contribution in [0.4, 0.5) is 22.0 Å². The third kappa shape index (κ3) is 3.49. The molecule has 0 spiro atoms. The van der Waals surface area contributed by atoms with E-state index in [4.69, 9.17) is 0 Å². The van der Waals surface area contributed by atoms with Gasteiger partial charge in [0.05, 0.1) is 12.5 Å². The molecule has 122 valence electrons. The van der Waals surface area contributed by atoms with Crippen molar-refractivity contribution >= 4 is 5.91 Å². The molecule has 7 heteroatoms. The van der Waals surface area contributed by atoms with E-state index in [1.54, 1.807) is 37.3 Å². The Balaban J connectivity index is 2.18. The third-order valence-corrected chi connectivity index (χ3v) is 3.32. The zero-order valence-corrected chi connectivity index (χ0v) is 12.0. The van der Waals surface area contributed by atoms with Gasteiger partial charge in [-0.1, -0.05) is 30.3 Å². The van der Waals surface area contributed by atoms with Crippen LogP contribution in [0.3, 0.4) is 0 Å². The van der Waals surface area contributed by atoms with Crippen LogP contribution in [0.25, 0.3) is 0 Å². The summed E-state index contributed by atoms with van der Waals surface area (Å²) in [6, 6.07) is 8.22. The summed E-state index contributed by atoms with van der Waals surface area (Å²) in [6.07, 6.45) is -0.955. The van der Waals surface area contributed by atoms with E-state index in [9.17, 15) is 26.7 Å². The molecule has 23 heavy (non-hydrogen) atoms. The van der Waals surface area contributed by atoms with Crippen LogP contribution in [0.2, 0.25) is 0 Å². The van der Waals surface area contributed by atoms with E-state index in [1.807, 2.05) is 0 Å². The molecule has 2 aromatic carbocycles. The molecule has 0 saturated heterocycles. The molecule has 1 atom stereocenters. The minimum Gasteiger partial charge on any atom is -0.349 e. The summed E-state index contributed by atoms with van der Waals surface area (Å²) in [7, 11) is 0. The highest BCUT2D eigenvalue weighted by molar-refractivity contribution is 5.79. The van der Waals surface area contributed by atoms with Crippen molar-refractivity contribution in [2.24, 2.45) is 0 Å². The summed E-state index contributed by atoms with van der Waals surface area (Å²) in [5.74, 6) is -11.2. The Bertz CT molecular complexity index is 704. The maximum atomic E-state index is 13.5. The first-order valence-electron chi connectivity index (χ1n) is 6.67. The second-order valence-electron chi connectivity index (χ2n) is 4.93. The minimum absolute atomic E-state index is 0.482. The quantitative estimate of drug-likeness (QED) is 0.516. The van der Waals surface area contributed by atoms with E-state index in [0.717, 1.165) is 5.56 Å². The van der Waals surface area contributed by atoms with Gasteiger partial charge in [0.2, 0.25) is 11.7 Å². The highest BCUT2D eigenvalue weighted by Gasteiger charge is 2.27. The van der Waals surface area contributed by atoms with E-state index < -0.39 is 53.0 Å². The maximum Gasteiger partial charge on any atom is 0.225 e. The standard InChI is InChI=1S/C16H12F5NO/c1-8(9-5-3-2-4-6-9)22-11(23)7-10-12(17)14(19)16(21)15(20)13(10)18/h2-6,8H,7H2,1H3,(H,22,23). The Morgan fingerprint density at radius 2 is 1.39 bits per heavy atom. The Morgan fingerprint density at radius 1 is 0.913 bits per heavy atom. The van der Waals surface area contributed by atoms with Gasteiger partial charge in [0.25, 0.3) is 0 Å². The molecule has 0 radical (unpaired) electrons. The molecule has 1 amide bonds. The van der Waals surface area contributed by atoms with Gasteiger partial charge in [0, 0.05) is 5.56 Å². The molecule has 0 aromatic heterocycles. The molecule has 0 heterocycles. The number of nitrogens with one attached hydrogen (secondary N) is 1. The Kier molecular flexibility index (Phi) is 4.98. The largest absolute Gasteiger partial charge is 0.349 e. The van der Waals surface area contributed by atoms with Crippen LogP contribution in [0.1, 0.15) is 24.1 Å². The van der Waals surface area contributed by atoms with Gasteiger partial charge in [-0.25, -0.2) is 22.0 Å². The first-order valence-corrected chi connectivity index (χ1v) is 6.67. The monoisotopic (exact) mass is 329 g/mol. The fourth-order valence-electron chi connectivity index (χ4n) is 2.08. The predicted octanol–water partition coefficient (Wildman–Crippen LogP) is 3.80. The predicted molar refractivity (Wildman–Crippen MR) is 72.9 cm³/mol. The lowest BCUT2D eigenvalue weighted by molar-refractivity contribution is -0.121. The van der Waals surface area contributed by atoms with E-state index in [-0.39, 0.29) is 0 Å². The highest BCUT2D eigenvalue weighted by atomic mass is 19.2. The Hall–Kier alpha value is -2.44. The Labute approximate surface area is 128 Å².